The molecule has 0 aliphatic heterocycles. The number of nitrogens with zero attached hydrogens (tertiary/aromatic N) is 2. The highest BCUT2D eigenvalue weighted by atomic mass is 16.6. The van der Waals surface area contributed by atoms with Gasteiger partial charge in [-0.05, 0) is 25.3 Å². The molecule has 1 aromatic heterocycles. The van der Waals surface area contributed by atoms with Crippen LogP contribution >= 0.6 is 0 Å². The van der Waals surface area contributed by atoms with Crippen molar-refractivity contribution >= 4 is 16.9 Å². The molecule has 1 aliphatic rings. The van der Waals surface area contributed by atoms with Gasteiger partial charge in [0.25, 0.3) is 0 Å². The summed E-state index contributed by atoms with van der Waals surface area (Å²) < 4.78 is 10.0. The van der Waals surface area contributed by atoms with E-state index in [2.05, 4.69) is 21.6 Å². The number of hydrogen-bond donors (Lipinski definition) is 0. The third-order valence-electron chi connectivity index (χ3n) is 4.89. The Bertz CT molecular complexity index is 719. The molecule has 1 aromatic carbocycles. The van der Waals surface area contributed by atoms with Crippen molar-refractivity contribution in [1.82, 2.24) is 9.97 Å². The van der Waals surface area contributed by atoms with Crippen LogP contribution in [0.5, 0.6) is 5.75 Å². The highest BCUT2D eigenvalue weighted by Gasteiger charge is 2.11. The lowest BCUT2D eigenvalue weighted by Crippen LogP contribution is -2.13. The van der Waals surface area contributed by atoms with Gasteiger partial charge in [0.05, 0.1) is 7.11 Å². The van der Waals surface area contributed by atoms with Crippen molar-refractivity contribution in [1.29, 1.82) is 0 Å². The number of aromatic nitrogens is 2. The number of esters is 1. The molecule has 0 amide bonds. The molecule has 0 bridgehead atoms. The fraction of sp³-hybridized carbons (Fsp3) is 0.571. The predicted octanol–water partition coefficient (Wildman–Crippen LogP) is 4.78. The fourth-order valence-corrected chi connectivity index (χ4v) is 3.23. The highest BCUT2D eigenvalue weighted by Crippen LogP contribution is 2.27. The summed E-state index contributed by atoms with van der Waals surface area (Å²) in [4.78, 5) is 19.6. The van der Waals surface area contributed by atoms with Crippen LogP contribution in [0.4, 0.5) is 0 Å². The minimum absolute atomic E-state index is 0.125. The van der Waals surface area contributed by atoms with Crippen LogP contribution in [0.15, 0.2) is 18.3 Å². The van der Waals surface area contributed by atoms with Gasteiger partial charge in [0, 0.05) is 11.6 Å². The van der Waals surface area contributed by atoms with Crippen molar-refractivity contribution in [3.63, 3.8) is 0 Å². The zero-order chi connectivity index (χ0) is 18.9. The molecule has 0 N–H and O–H groups in total. The SMILES string of the molecule is CCC1CCCCC1.COC(=O)COc1c(C)ccc2cnc(C)nc12. The van der Waals surface area contributed by atoms with E-state index in [1.54, 1.807) is 6.20 Å². The highest BCUT2D eigenvalue weighted by molar-refractivity contribution is 5.85. The molecule has 1 aliphatic carbocycles. The number of hydrogen-bond acceptors (Lipinski definition) is 5. The summed E-state index contributed by atoms with van der Waals surface area (Å²) in [5.74, 6) is 1.93. The lowest BCUT2D eigenvalue weighted by Gasteiger charge is -2.18. The molecule has 0 spiro atoms. The van der Waals surface area contributed by atoms with Crippen molar-refractivity contribution < 1.29 is 14.3 Å². The first-order chi connectivity index (χ1) is 12.5. The number of fused-ring (bicyclic) bond motifs is 1. The van der Waals surface area contributed by atoms with Gasteiger partial charge in [0.1, 0.15) is 17.1 Å². The lowest BCUT2D eigenvalue weighted by atomic mass is 9.88. The quantitative estimate of drug-likeness (QED) is 0.736. The van der Waals surface area contributed by atoms with Gasteiger partial charge in [-0.2, -0.15) is 0 Å². The molecule has 2 aromatic rings. The van der Waals surface area contributed by atoms with Crippen LogP contribution in [-0.2, 0) is 9.53 Å². The fourth-order valence-electron chi connectivity index (χ4n) is 3.23. The Balaban J connectivity index is 0.000000254. The Morgan fingerprint density at radius 2 is 1.92 bits per heavy atom. The van der Waals surface area contributed by atoms with E-state index in [0.717, 1.165) is 16.9 Å². The van der Waals surface area contributed by atoms with Crippen LogP contribution in [0.1, 0.15) is 56.8 Å². The standard InChI is InChI=1S/C13H14N2O3.C8H16/c1-8-4-5-10-6-14-9(2)15-12(10)13(8)18-7-11(16)17-3;1-2-8-6-4-3-5-7-8/h4-6H,7H2,1-3H3;8H,2-7H2,1H3. The Hall–Kier alpha value is -2.17. The lowest BCUT2D eigenvalue weighted by molar-refractivity contribution is -0.142. The first-order valence-corrected chi connectivity index (χ1v) is 9.47. The van der Waals surface area contributed by atoms with Crippen molar-refractivity contribution in [3.8, 4) is 5.75 Å². The normalized spacial score (nSPS) is 14.5. The molecule has 0 saturated heterocycles. The monoisotopic (exact) mass is 358 g/mol. The maximum atomic E-state index is 11.1. The van der Waals surface area contributed by atoms with Crippen molar-refractivity contribution in [2.45, 2.75) is 59.3 Å². The molecule has 0 atom stereocenters. The molecule has 0 radical (unpaired) electrons. The number of ether oxygens (including phenoxy) is 2. The molecule has 26 heavy (non-hydrogen) atoms. The van der Waals surface area contributed by atoms with Crippen LogP contribution in [0.3, 0.4) is 0 Å². The first kappa shape index (κ1) is 20.1. The molecule has 5 nitrogen and oxygen atoms in total. The van der Waals surface area contributed by atoms with E-state index in [-0.39, 0.29) is 6.61 Å². The average Bonchev–Trinajstić information content (AvgIpc) is 2.68. The molecule has 5 heteroatoms. The van der Waals surface area contributed by atoms with E-state index in [0.29, 0.717) is 17.1 Å². The topological polar surface area (TPSA) is 61.3 Å². The van der Waals surface area contributed by atoms with Crippen LogP contribution in [0.25, 0.3) is 10.9 Å². The minimum atomic E-state index is -0.419. The van der Waals surface area contributed by atoms with Gasteiger partial charge >= 0.3 is 5.97 Å². The van der Waals surface area contributed by atoms with Crippen LogP contribution in [0, 0.1) is 19.8 Å². The summed E-state index contributed by atoms with van der Waals surface area (Å²) in [5, 5.41) is 0.881. The molecular weight excluding hydrogens is 328 g/mol. The van der Waals surface area contributed by atoms with Crippen LogP contribution in [-0.4, -0.2) is 29.7 Å². The number of methoxy groups -OCH3 is 1. The smallest absolute Gasteiger partial charge is 0.343 e. The summed E-state index contributed by atoms with van der Waals surface area (Å²) in [6.07, 6.45) is 10.7. The van der Waals surface area contributed by atoms with Gasteiger partial charge in [0.15, 0.2) is 6.61 Å². The van der Waals surface area contributed by atoms with Gasteiger partial charge < -0.3 is 9.47 Å². The maximum Gasteiger partial charge on any atom is 0.343 e. The maximum absolute atomic E-state index is 11.1. The molecule has 142 valence electrons. The van der Waals surface area contributed by atoms with E-state index in [1.165, 1.54) is 45.6 Å². The van der Waals surface area contributed by atoms with Gasteiger partial charge in [-0.1, -0.05) is 57.6 Å². The number of aryl methyl sites for hydroxylation is 2. The molecule has 0 unspecified atom stereocenters. The molecule has 1 saturated carbocycles. The van der Waals surface area contributed by atoms with E-state index < -0.39 is 5.97 Å². The molecule has 1 heterocycles. The van der Waals surface area contributed by atoms with Gasteiger partial charge in [-0.15, -0.1) is 0 Å². The number of carbonyl (C=O) groups is 1. The van der Waals surface area contributed by atoms with E-state index in [1.807, 2.05) is 26.0 Å². The number of benzene rings is 1. The minimum Gasteiger partial charge on any atom is -0.479 e. The Labute approximate surface area is 156 Å². The summed E-state index contributed by atoms with van der Waals surface area (Å²) in [6, 6.07) is 3.84. The van der Waals surface area contributed by atoms with Crippen molar-refractivity contribution in [2.24, 2.45) is 5.92 Å². The summed E-state index contributed by atoms with van der Waals surface area (Å²) in [6.45, 7) is 5.91. The Morgan fingerprint density at radius 3 is 2.54 bits per heavy atom. The predicted molar refractivity (Wildman–Crippen MR) is 103 cm³/mol. The molecule has 3 rings (SSSR count). The van der Waals surface area contributed by atoms with Crippen LogP contribution in [0.2, 0.25) is 0 Å². The van der Waals surface area contributed by atoms with Crippen molar-refractivity contribution in [3.05, 3.63) is 29.7 Å². The van der Waals surface area contributed by atoms with E-state index >= 15 is 0 Å². The molecule has 1 fully saturated rings. The number of rotatable bonds is 4. The van der Waals surface area contributed by atoms with E-state index in [9.17, 15) is 4.79 Å². The zero-order valence-corrected chi connectivity index (χ0v) is 16.4. The van der Waals surface area contributed by atoms with Gasteiger partial charge in [0.2, 0.25) is 0 Å². The Kier molecular flexibility index (Phi) is 7.82. The second-order valence-corrected chi connectivity index (χ2v) is 6.84. The second kappa shape index (κ2) is 10.1. The van der Waals surface area contributed by atoms with Crippen molar-refractivity contribution in [2.75, 3.05) is 13.7 Å². The number of carbonyl (C=O) groups excluding carboxylic acids is 1. The average molecular weight is 358 g/mol. The Morgan fingerprint density at radius 1 is 1.19 bits per heavy atom. The van der Waals surface area contributed by atoms with Gasteiger partial charge in [-0.25, -0.2) is 14.8 Å². The van der Waals surface area contributed by atoms with Crippen LogP contribution < -0.4 is 4.74 Å². The third kappa shape index (κ3) is 5.68. The molecular formula is C21H30N2O3. The van der Waals surface area contributed by atoms with E-state index in [4.69, 9.17) is 4.74 Å². The third-order valence-corrected chi connectivity index (χ3v) is 4.89. The first-order valence-electron chi connectivity index (χ1n) is 9.47. The van der Waals surface area contributed by atoms with Gasteiger partial charge in [-0.3, -0.25) is 0 Å². The second-order valence-electron chi connectivity index (χ2n) is 6.84. The summed E-state index contributed by atoms with van der Waals surface area (Å²) >= 11 is 0. The summed E-state index contributed by atoms with van der Waals surface area (Å²) in [5.41, 5.74) is 1.64. The summed E-state index contributed by atoms with van der Waals surface area (Å²) in [7, 11) is 1.33. The largest absolute Gasteiger partial charge is 0.479 e. The zero-order valence-electron chi connectivity index (χ0n) is 16.4.